The first-order valence-corrected chi connectivity index (χ1v) is 13.5. The Morgan fingerprint density at radius 1 is 1.11 bits per heavy atom. The smallest absolute Gasteiger partial charge is 0.404 e. The molecule has 1 aliphatic heterocycles. The van der Waals surface area contributed by atoms with Crippen LogP contribution in [0.25, 0.3) is 0 Å². The van der Waals surface area contributed by atoms with Gasteiger partial charge in [-0.3, -0.25) is 14.3 Å². The first kappa shape index (κ1) is 29.7. The van der Waals surface area contributed by atoms with Crippen LogP contribution in [0.3, 0.4) is 0 Å². The van der Waals surface area contributed by atoms with E-state index in [1.807, 2.05) is 6.07 Å². The van der Waals surface area contributed by atoms with Gasteiger partial charge in [0.05, 0.1) is 36.6 Å². The quantitative estimate of drug-likeness (QED) is 0.233. The number of nitriles is 1. The number of amides is 3. The lowest BCUT2D eigenvalue weighted by Crippen LogP contribution is -2.47. The average molecular weight is 601 g/mol. The summed E-state index contributed by atoms with van der Waals surface area (Å²) in [4.78, 5) is 38.9. The van der Waals surface area contributed by atoms with Gasteiger partial charge in [0.1, 0.15) is 24.1 Å². The number of ether oxygens (including phenoxy) is 1. The van der Waals surface area contributed by atoms with Crippen molar-refractivity contribution in [2.45, 2.75) is 25.4 Å². The molecule has 3 amide bonds. The Labute approximate surface area is 250 Å². The summed E-state index contributed by atoms with van der Waals surface area (Å²) in [5, 5.41) is 27.2. The molecule has 0 fully saturated rings. The van der Waals surface area contributed by atoms with E-state index in [0.29, 0.717) is 12.2 Å². The summed E-state index contributed by atoms with van der Waals surface area (Å²) >= 11 is 0. The van der Waals surface area contributed by atoms with Crippen molar-refractivity contribution in [3.63, 3.8) is 0 Å². The third-order valence-corrected chi connectivity index (χ3v) is 7.03. The number of fused-ring (bicyclic) bond motifs is 1. The van der Waals surface area contributed by atoms with Crippen LogP contribution in [0.1, 0.15) is 44.5 Å². The predicted molar refractivity (Wildman–Crippen MR) is 155 cm³/mol. The molecule has 13 heteroatoms. The summed E-state index contributed by atoms with van der Waals surface area (Å²) in [6, 6.07) is 18.7. The number of carbonyl (C=O) groups is 3. The van der Waals surface area contributed by atoms with Crippen LogP contribution in [0.5, 0.6) is 5.75 Å². The fourth-order valence-electron chi connectivity index (χ4n) is 4.90. The molecule has 0 saturated heterocycles. The second-order valence-corrected chi connectivity index (χ2v) is 9.96. The maximum Gasteiger partial charge on any atom is 0.404 e. The van der Waals surface area contributed by atoms with Crippen LogP contribution < -0.4 is 20.3 Å². The first-order chi connectivity index (χ1) is 21.1. The minimum Gasteiger partial charge on any atom is -0.490 e. The largest absolute Gasteiger partial charge is 0.490 e. The van der Waals surface area contributed by atoms with Gasteiger partial charge in [0.2, 0.25) is 0 Å². The van der Waals surface area contributed by atoms with E-state index in [4.69, 9.17) is 9.84 Å². The van der Waals surface area contributed by atoms with Gasteiger partial charge in [-0.1, -0.05) is 42.5 Å². The molecule has 0 spiro atoms. The Balaban J connectivity index is 1.33. The number of halogens is 2. The molecular weight excluding hydrogens is 574 g/mol. The minimum atomic E-state index is -3.22. The van der Waals surface area contributed by atoms with Crippen molar-refractivity contribution in [2.24, 2.45) is 0 Å². The fourth-order valence-corrected chi connectivity index (χ4v) is 4.90. The normalized spacial score (nSPS) is 14.4. The summed E-state index contributed by atoms with van der Waals surface area (Å²) in [5.74, 6) is -4.13. The molecule has 3 aromatic carbocycles. The van der Waals surface area contributed by atoms with Gasteiger partial charge in [0.25, 0.3) is 17.7 Å². The summed E-state index contributed by atoms with van der Waals surface area (Å²) in [5.41, 5.74) is 0.476. The van der Waals surface area contributed by atoms with Crippen molar-refractivity contribution < 1.29 is 33.0 Å². The lowest BCUT2D eigenvalue weighted by molar-refractivity contribution is 0.0428. The fraction of sp³-hybridized carbons (Fsp3) is 0.194. The molecular formula is C31H26F2N6O5. The van der Waals surface area contributed by atoms with Gasteiger partial charge in [-0.2, -0.15) is 19.1 Å². The zero-order valence-corrected chi connectivity index (χ0v) is 23.3. The van der Waals surface area contributed by atoms with E-state index in [2.05, 4.69) is 15.7 Å². The number of hydrogen-bond acceptors (Lipinski definition) is 6. The van der Waals surface area contributed by atoms with Gasteiger partial charge in [0.15, 0.2) is 0 Å². The van der Waals surface area contributed by atoms with E-state index in [1.165, 1.54) is 70.4 Å². The zero-order chi connectivity index (χ0) is 31.4. The van der Waals surface area contributed by atoms with Gasteiger partial charge in [-0.25, -0.2) is 4.79 Å². The van der Waals surface area contributed by atoms with Crippen LogP contribution in [0, 0.1) is 11.3 Å². The molecule has 3 N–H and O–H groups in total. The van der Waals surface area contributed by atoms with E-state index in [0.717, 1.165) is 0 Å². The average Bonchev–Trinajstić information content (AvgIpc) is 3.42. The second-order valence-electron chi connectivity index (χ2n) is 9.96. The SMILES string of the molecule is C[C@H]1Cn2ncc(NC(=O)c3ccc(OCCNC(=O)O)c(C#N)c3)c2C(=O)N1c1ccc(C(F)(F)c2ccccc2)cc1. The molecule has 11 nitrogen and oxygen atoms in total. The van der Waals surface area contributed by atoms with E-state index in [-0.39, 0.29) is 58.6 Å². The van der Waals surface area contributed by atoms with E-state index in [1.54, 1.807) is 25.1 Å². The lowest BCUT2D eigenvalue weighted by Gasteiger charge is -2.34. The monoisotopic (exact) mass is 600 g/mol. The van der Waals surface area contributed by atoms with Gasteiger partial charge >= 0.3 is 6.09 Å². The van der Waals surface area contributed by atoms with Crippen molar-refractivity contribution in [3.05, 3.63) is 107 Å². The van der Waals surface area contributed by atoms with Crippen LogP contribution in [-0.4, -0.2) is 52.0 Å². The van der Waals surface area contributed by atoms with Crippen molar-refractivity contribution >= 4 is 29.3 Å². The van der Waals surface area contributed by atoms with Crippen LogP contribution in [0.2, 0.25) is 0 Å². The molecule has 4 aromatic rings. The molecule has 0 unspecified atom stereocenters. The summed E-state index contributed by atoms with van der Waals surface area (Å²) in [6.45, 7) is 2.08. The van der Waals surface area contributed by atoms with Crippen LogP contribution in [0.4, 0.5) is 25.0 Å². The highest BCUT2D eigenvalue weighted by molar-refractivity contribution is 6.13. The molecule has 0 radical (unpaired) electrons. The maximum atomic E-state index is 15.1. The van der Waals surface area contributed by atoms with Crippen LogP contribution in [0.15, 0.2) is 79.0 Å². The number of rotatable bonds is 9. The number of carboxylic acid groups (broad SMARTS) is 1. The van der Waals surface area contributed by atoms with Crippen LogP contribution in [-0.2, 0) is 12.5 Å². The van der Waals surface area contributed by atoms with Gasteiger partial charge in [-0.05, 0) is 37.3 Å². The van der Waals surface area contributed by atoms with Crippen molar-refractivity contribution in [1.29, 1.82) is 5.26 Å². The summed E-state index contributed by atoms with van der Waals surface area (Å²) in [7, 11) is 0. The molecule has 5 rings (SSSR count). The maximum absolute atomic E-state index is 15.1. The van der Waals surface area contributed by atoms with Crippen molar-refractivity contribution in [2.75, 3.05) is 23.4 Å². The number of nitrogens with zero attached hydrogens (tertiary/aromatic N) is 4. The Hall–Kier alpha value is -5.77. The van der Waals surface area contributed by atoms with E-state index < -0.39 is 23.8 Å². The predicted octanol–water partition coefficient (Wildman–Crippen LogP) is 4.84. The Morgan fingerprint density at radius 3 is 2.50 bits per heavy atom. The van der Waals surface area contributed by atoms with Crippen molar-refractivity contribution in [3.8, 4) is 11.8 Å². The Kier molecular flexibility index (Phi) is 8.25. The van der Waals surface area contributed by atoms with Gasteiger partial charge in [0, 0.05) is 22.4 Å². The summed E-state index contributed by atoms with van der Waals surface area (Å²) in [6.07, 6.45) is 0.143. The number of alkyl halides is 2. The van der Waals surface area contributed by atoms with Crippen LogP contribution >= 0.6 is 0 Å². The molecule has 1 aromatic heterocycles. The molecule has 0 saturated carbocycles. The highest BCUT2D eigenvalue weighted by Gasteiger charge is 2.37. The molecule has 0 aliphatic carbocycles. The van der Waals surface area contributed by atoms with Gasteiger partial charge in [-0.15, -0.1) is 0 Å². The van der Waals surface area contributed by atoms with Crippen molar-refractivity contribution in [1.82, 2.24) is 15.1 Å². The highest BCUT2D eigenvalue weighted by Crippen LogP contribution is 2.37. The van der Waals surface area contributed by atoms with Gasteiger partial charge < -0.3 is 25.4 Å². The number of carbonyl (C=O) groups excluding carboxylic acids is 2. The zero-order valence-electron chi connectivity index (χ0n) is 23.3. The van der Waals surface area contributed by atoms with E-state index >= 15 is 8.78 Å². The number of benzene rings is 3. The Bertz CT molecular complexity index is 1750. The second kappa shape index (κ2) is 12.2. The first-order valence-electron chi connectivity index (χ1n) is 13.5. The topological polar surface area (TPSA) is 150 Å². The number of anilines is 2. The molecule has 44 heavy (non-hydrogen) atoms. The summed E-state index contributed by atoms with van der Waals surface area (Å²) < 4.78 is 37.1. The lowest BCUT2D eigenvalue weighted by atomic mass is 9.99. The third kappa shape index (κ3) is 5.91. The number of nitrogens with one attached hydrogen (secondary N) is 2. The molecule has 1 atom stereocenters. The number of hydrogen-bond donors (Lipinski definition) is 3. The molecule has 2 heterocycles. The van der Waals surface area contributed by atoms with E-state index in [9.17, 15) is 19.6 Å². The molecule has 0 bridgehead atoms. The third-order valence-electron chi connectivity index (χ3n) is 7.03. The minimum absolute atomic E-state index is 0.00315. The molecule has 1 aliphatic rings. The molecule has 224 valence electrons. The standard InChI is InChI=1S/C31H26F2N6O5/c1-19-18-38-27(29(41)39(19)24-10-8-23(9-11-24)31(32,33)22-5-3-2-4-6-22)25(17-36-38)37-28(40)20-7-12-26(21(15-20)16-34)44-14-13-35-30(42)43/h2-12,15,17,19,35H,13-14,18H2,1H3,(H,37,40)(H,42,43)/t19-/m0/s1. The Morgan fingerprint density at radius 2 is 1.82 bits per heavy atom. The highest BCUT2D eigenvalue weighted by atomic mass is 19.3. The number of aromatic nitrogens is 2.